The van der Waals surface area contributed by atoms with Crippen LogP contribution in [0.1, 0.15) is 17.3 Å². The second-order valence-corrected chi connectivity index (χ2v) is 4.52. The Morgan fingerprint density at radius 3 is 2.43 bits per heavy atom. The molecule has 2 N–H and O–H groups in total. The molecule has 112 valence electrons. The Balaban J connectivity index is 2.38. The number of halogens is 4. The summed E-state index contributed by atoms with van der Waals surface area (Å²) in [5.41, 5.74) is 4.21. The molecule has 0 spiro atoms. The van der Waals surface area contributed by atoms with E-state index in [1.807, 2.05) is 0 Å². The molecule has 0 aliphatic carbocycles. The van der Waals surface area contributed by atoms with Gasteiger partial charge in [-0.05, 0) is 23.8 Å². The average Bonchev–Trinajstić information content (AvgIpc) is 2.39. The molecule has 2 aromatic rings. The fourth-order valence-electron chi connectivity index (χ4n) is 2.00. The number of alkyl halides is 3. The summed E-state index contributed by atoms with van der Waals surface area (Å²) in [5.74, 6) is -0.542. The molecule has 1 atom stereocenters. The van der Waals surface area contributed by atoms with Gasteiger partial charge < -0.3 is 10.3 Å². The number of benzene rings is 1. The van der Waals surface area contributed by atoms with Crippen molar-refractivity contribution >= 4 is 0 Å². The molecule has 0 aliphatic rings. The van der Waals surface area contributed by atoms with Crippen LogP contribution in [-0.2, 0) is 12.7 Å². The van der Waals surface area contributed by atoms with E-state index in [0.29, 0.717) is 10.1 Å². The van der Waals surface area contributed by atoms with Gasteiger partial charge in [0, 0.05) is 18.7 Å². The molecule has 1 aromatic heterocycles. The van der Waals surface area contributed by atoms with E-state index < -0.39 is 35.8 Å². The van der Waals surface area contributed by atoms with Crippen LogP contribution in [0, 0.1) is 5.82 Å². The summed E-state index contributed by atoms with van der Waals surface area (Å²) < 4.78 is 52.3. The zero-order chi connectivity index (χ0) is 15.6. The van der Waals surface area contributed by atoms with Gasteiger partial charge in [-0.1, -0.05) is 18.2 Å². The fourth-order valence-corrected chi connectivity index (χ4v) is 2.00. The maximum Gasteiger partial charge on any atom is 0.431 e. The highest BCUT2D eigenvalue weighted by Crippen LogP contribution is 2.28. The molecule has 1 heterocycles. The molecule has 7 heteroatoms. The summed E-state index contributed by atoms with van der Waals surface area (Å²) in [6.07, 6.45) is -4.66. The van der Waals surface area contributed by atoms with E-state index in [0.717, 1.165) is 24.3 Å². The van der Waals surface area contributed by atoms with Crippen LogP contribution in [0.2, 0.25) is 0 Å². The van der Waals surface area contributed by atoms with Gasteiger partial charge in [-0.25, -0.2) is 4.39 Å². The largest absolute Gasteiger partial charge is 0.431 e. The van der Waals surface area contributed by atoms with Gasteiger partial charge in [0.15, 0.2) is 0 Å². The molecule has 1 unspecified atom stereocenters. The van der Waals surface area contributed by atoms with E-state index in [9.17, 15) is 22.4 Å². The van der Waals surface area contributed by atoms with Crippen LogP contribution >= 0.6 is 0 Å². The average molecular weight is 300 g/mol. The Morgan fingerprint density at radius 2 is 1.81 bits per heavy atom. The minimum absolute atomic E-state index is 0.318. The lowest BCUT2D eigenvalue weighted by atomic mass is 10.1. The highest BCUT2D eigenvalue weighted by molar-refractivity contribution is 5.20. The summed E-state index contributed by atoms with van der Waals surface area (Å²) in [5, 5.41) is 0. The Bertz CT molecular complexity index is 694. The highest BCUT2D eigenvalue weighted by Gasteiger charge is 2.34. The topological polar surface area (TPSA) is 48.0 Å². The second kappa shape index (κ2) is 5.69. The quantitative estimate of drug-likeness (QED) is 0.886. The SMILES string of the molecule is NC(Cn1c(C(F)(F)F)cccc1=O)c1cccc(F)c1. The maximum absolute atomic E-state index is 13.1. The molecule has 0 amide bonds. The lowest BCUT2D eigenvalue weighted by Gasteiger charge is -2.19. The third kappa shape index (κ3) is 3.49. The first-order chi connectivity index (χ1) is 9.79. The molecule has 2 rings (SSSR count). The molecule has 0 bridgehead atoms. The van der Waals surface area contributed by atoms with Crippen molar-refractivity contribution in [2.45, 2.75) is 18.8 Å². The second-order valence-electron chi connectivity index (χ2n) is 4.52. The Labute approximate surface area is 117 Å². The van der Waals surface area contributed by atoms with Gasteiger partial charge in [-0.15, -0.1) is 0 Å². The molecular weight excluding hydrogens is 288 g/mol. The molecule has 21 heavy (non-hydrogen) atoms. The lowest BCUT2D eigenvalue weighted by Crippen LogP contribution is -2.31. The molecule has 1 aromatic carbocycles. The highest BCUT2D eigenvalue weighted by atomic mass is 19.4. The van der Waals surface area contributed by atoms with Crippen LogP contribution < -0.4 is 11.3 Å². The van der Waals surface area contributed by atoms with Gasteiger partial charge >= 0.3 is 6.18 Å². The van der Waals surface area contributed by atoms with Crippen LogP contribution in [0.25, 0.3) is 0 Å². The number of nitrogens with zero attached hydrogens (tertiary/aromatic N) is 1. The first-order valence-electron chi connectivity index (χ1n) is 6.07. The lowest BCUT2D eigenvalue weighted by molar-refractivity contribution is -0.144. The molecule has 0 saturated heterocycles. The van der Waals surface area contributed by atoms with Crippen LogP contribution in [0.3, 0.4) is 0 Å². The monoisotopic (exact) mass is 300 g/mol. The summed E-state index contributed by atoms with van der Waals surface area (Å²) >= 11 is 0. The summed E-state index contributed by atoms with van der Waals surface area (Å²) in [7, 11) is 0. The van der Waals surface area contributed by atoms with Gasteiger partial charge in [-0.3, -0.25) is 4.79 Å². The molecule has 0 aliphatic heterocycles. The molecule has 0 saturated carbocycles. The maximum atomic E-state index is 13.1. The van der Waals surface area contributed by atoms with Crippen LogP contribution in [0.4, 0.5) is 17.6 Å². The van der Waals surface area contributed by atoms with E-state index in [1.165, 1.54) is 18.2 Å². The zero-order valence-electron chi connectivity index (χ0n) is 10.8. The molecular formula is C14H12F4N2O. The number of hydrogen-bond donors (Lipinski definition) is 1. The van der Waals surface area contributed by atoms with Gasteiger partial charge in [0.2, 0.25) is 0 Å². The third-order valence-electron chi connectivity index (χ3n) is 3.00. The van der Waals surface area contributed by atoms with Gasteiger partial charge in [0.05, 0.1) is 0 Å². The van der Waals surface area contributed by atoms with Crippen molar-refractivity contribution in [1.29, 1.82) is 0 Å². The predicted octanol–water partition coefficient (Wildman–Crippen LogP) is 2.71. The Hall–Kier alpha value is -2.15. The van der Waals surface area contributed by atoms with Crippen molar-refractivity contribution in [1.82, 2.24) is 4.57 Å². The smallest absolute Gasteiger partial charge is 0.322 e. The van der Waals surface area contributed by atoms with Crippen LogP contribution in [0.5, 0.6) is 0 Å². The van der Waals surface area contributed by atoms with E-state index in [2.05, 4.69) is 0 Å². The van der Waals surface area contributed by atoms with Crippen molar-refractivity contribution in [3.63, 3.8) is 0 Å². The number of aromatic nitrogens is 1. The standard InChI is InChI=1S/C14H12F4N2O/c15-10-4-1-3-9(7-10)11(19)8-20-12(14(16,17)18)5-2-6-13(20)21/h1-7,11H,8,19H2. The third-order valence-corrected chi connectivity index (χ3v) is 3.00. The van der Waals surface area contributed by atoms with E-state index in [4.69, 9.17) is 5.73 Å². The van der Waals surface area contributed by atoms with Gasteiger partial charge in [0.25, 0.3) is 5.56 Å². The van der Waals surface area contributed by atoms with Crippen molar-refractivity contribution < 1.29 is 17.6 Å². The molecule has 0 radical (unpaired) electrons. The number of nitrogens with two attached hydrogens (primary N) is 1. The first kappa shape index (κ1) is 15.2. The Kier molecular flexibility index (Phi) is 4.13. The van der Waals surface area contributed by atoms with E-state index in [1.54, 1.807) is 0 Å². The summed E-state index contributed by atoms with van der Waals surface area (Å²) in [6.45, 7) is -0.391. The summed E-state index contributed by atoms with van der Waals surface area (Å²) in [6, 6.07) is 7.17. The minimum atomic E-state index is -4.66. The first-order valence-corrected chi connectivity index (χ1v) is 6.07. The Morgan fingerprint density at radius 1 is 1.14 bits per heavy atom. The van der Waals surface area contributed by atoms with E-state index in [-0.39, 0.29) is 0 Å². The predicted molar refractivity (Wildman–Crippen MR) is 69.0 cm³/mol. The van der Waals surface area contributed by atoms with Gasteiger partial charge in [-0.2, -0.15) is 13.2 Å². The fraction of sp³-hybridized carbons (Fsp3) is 0.214. The van der Waals surface area contributed by atoms with E-state index >= 15 is 0 Å². The van der Waals surface area contributed by atoms with Crippen molar-refractivity contribution in [3.8, 4) is 0 Å². The minimum Gasteiger partial charge on any atom is -0.322 e. The zero-order valence-corrected chi connectivity index (χ0v) is 10.8. The molecule has 3 nitrogen and oxygen atoms in total. The number of hydrogen-bond acceptors (Lipinski definition) is 2. The van der Waals surface area contributed by atoms with Crippen LogP contribution in [-0.4, -0.2) is 4.57 Å². The normalized spacial score (nSPS) is 13.2. The van der Waals surface area contributed by atoms with Crippen molar-refractivity contribution in [3.05, 3.63) is 69.9 Å². The van der Waals surface area contributed by atoms with Gasteiger partial charge in [0.1, 0.15) is 11.5 Å². The summed E-state index contributed by atoms with van der Waals surface area (Å²) in [4.78, 5) is 11.7. The van der Waals surface area contributed by atoms with Crippen LogP contribution in [0.15, 0.2) is 47.3 Å². The number of rotatable bonds is 3. The van der Waals surface area contributed by atoms with Crippen molar-refractivity contribution in [2.24, 2.45) is 5.73 Å². The molecule has 0 fully saturated rings. The van der Waals surface area contributed by atoms with Crippen molar-refractivity contribution in [2.75, 3.05) is 0 Å². The number of pyridine rings is 1.